The van der Waals surface area contributed by atoms with Crippen LogP contribution in [0.25, 0.3) is 43.1 Å². The van der Waals surface area contributed by atoms with E-state index >= 15 is 19.2 Å². The van der Waals surface area contributed by atoms with Crippen molar-refractivity contribution in [3.05, 3.63) is 202 Å². The quantitative estimate of drug-likeness (QED) is 0.0457. The van der Waals surface area contributed by atoms with Gasteiger partial charge in [0.05, 0.1) is 62.1 Å². The van der Waals surface area contributed by atoms with Gasteiger partial charge in [-0.25, -0.2) is 9.80 Å². The van der Waals surface area contributed by atoms with Crippen LogP contribution in [0.2, 0.25) is 0 Å². The van der Waals surface area contributed by atoms with Crippen LogP contribution >= 0.6 is 0 Å². The Kier molecular flexibility index (Phi) is 14.8. The maximum absolute atomic E-state index is 16.3. The Balaban J connectivity index is 1.27. The maximum Gasteiger partial charge on any atom is 0.266 e. The summed E-state index contributed by atoms with van der Waals surface area (Å²) < 4.78 is 52.0. The second kappa shape index (κ2) is 22.8. The normalized spacial score (nSPS) is 13.1. The number of carbonyl (C=O) groups is 4. The summed E-state index contributed by atoms with van der Waals surface area (Å²) in [4.78, 5) is 68.0. The van der Waals surface area contributed by atoms with Gasteiger partial charge in [0.1, 0.15) is 69.0 Å². The number of amides is 4. The minimum absolute atomic E-state index is 0.104. The molecule has 0 radical (unpaired) electrons. The number of fused-ring (bicyclic) bond motifs is 2. The molecule has 14 nitrogen and oxygen atoms in total. The first-order chi connectivity index (χ1) is 43.4. The molecule has 2 aliphatic heterocycles. The highest BCUT2D eigenvalue weighted by Crippen LogP contribution is 2.59. The molecule has 0 spiro atoms. The molecular formula is C76H66N2O12. The summed E-state index contributed by atoms with van der Waals surface area (Å²) in [6.07, 6.45) is 0. The molecule has 2 heterocycles. The molecule has 14 heteroatoms. The van der Waals surface area contributed by atoms with Gasteiger partial charge in [-0.3, -0.25) is 19.2 Å². The molecule has 2 aliphatic rings. The van der Waals surface area contributed by atoms with Crippen molar-refractivity contribution in [2.45, 2.75) is 79.1 Å². The fraction of sp³-hybridized carbons (Fsp3) is 0.211. The Morgan fingerprint density at radius 2 is 0.478 bits per heavy atom. The van der Waals surface area contributed by atoms with Crippen molar-refractivity contribution >= 4 is 78.1 Å². The summed E-state index contributed by atoms with van der Waals surface area (Å²) in [6, 6.07) is 46.8. The zero-order valence-corrected chi connectivity index (χ0v) is 52.1. The van der Waals surface area contributed by atoms with E-state index < -0.39 is 23.6 Å². The summed E-state index contributed by atoms with van der Waals surface area (Å²) in [5.74, 6) is 1.14. The summed E-state index contributed by atoms with van der Waals surface area (Å²) in [5.41, 5.74) is 4.80. The van der Waals surface area contributed by atoms with E-state index in [9.17, 15) is 0 Å². The van der Waals surface area contributed by atoms with E-state index in [4.69, 9.17) is 37.9 Å². The Morgan fingerprint density at radius 3 is 0.689 bits per heavy atom. The van der Waals surface area contributed by atoms with Gasteiger partial charge < -0.3 is 37.9 Å². The van der Waals surface area contributed by atoms with Gasteiger partial charge in [-0.15, -0.1) is 0 Å². The summed E-state index contributed by atoms with van der Waals surface area (Å²) in [6.45, 7) is 16.3. The van der Waals surface area contributed by atoms with Crippen LogP contribution in [-0.4, -0.2) is 52.1 Å². The van der Waals surface area contributed by atoms with Crippen LogP contribution in [0.1, 0.15) is 143 Å². The monoisotopic (exact) mass is 1200 g/mol. The lowest BCUT2D eigenvalue weighted by Gasteiger charge is -2.35. The molecular weight excluding hydrogens is 1130 g/mol. The fourth-order valence-corrected chi connectivity index (χ4v) is 12.9. The molecule has 0 fully saturated rings. The van der Waals surface area contributed by atoms with Crippen LogP contribution in [-0.2, 0) is 0 Å². The number of carbonyl (C=O) groups excluding carboxylic acids is 4. The number of hydrogen-bond donors (Lipinski definition) is 0. The highest BCUT2D eigenvalue weighted by atomic mass is 16.5. The van der Waals surface area contributed by atoms with Gasteiger partial charge >= 0.3 is 0 Å². The van der Waals surface area contributed by atoms with Crippen molar-refractivity contribution in [1.82, 2.24) is 0 Å². The fourth-order valence-electron chi connectivity index (χ4n) is 12.9. The largest absolute Gasteiger partial charge is 0.497 e. The molecule has 0 aromatic heterocycles. The number of para-hydroxylation sites is 2. The molecule has 4 amide bonds. The summed E-state index contributed by atoms with van der Waals surface area (Å²) >= 11 is 0. The number of methoxy groups -OCH3 is 4. The molecule has 0 saturated heterocycles. The van der Waals surface area contributed by atoms with E-state index in [1.807, 2.05) is 91.8 Å². The SMILES string of the molecule is COc1cccc(Oc2cc3c4c(cc(Oc5cccc(OC)c5)c5c6c(Oc7cccc(OC)c7)cc7c8c(cc(Oc9cccc(OC)c9)c(c2c45)c86)C(=O)N(c2c(C(C)C)cccc2C(C)C)C7=O)C(=O)N(c2c(C(C)C)cccc2C(C)C)C3=O)c1. The lowest BCUT2D eigenvalue weighted by atomic mass is 9.80. The Bertz CT molecular complexity index is 4210. The summed E-state index contributed by atoms with van der Waals surface area (Å²) in [5, 5.41) is 2.68. The third kappa shape index (κ3) is 9.56. The molecule has 13 rings (SSSR count). The molecule has 0 atom stereocenters. The first kappa shape index (κ1) is 58.4. The Hall–Kier alpha value is -10.6. The second-order valence-corrected chi connectivity index (χ2v) is 23.9. The minimum Gasteiger partial charge on any atom is -0.497 e. The standard InChI is InChI=1S/C76H66N2O12/c1-39(2)51-27-17-28-52(40(3)4)71(51)77-73(79)55-35-59(87-47-23-13-19-43(31-47)83-9)65-67-61(89-49-25-15-21-45(33-49)85-11)37-57-64-58(76(82)78(75(57)81)72-53(41(5)6)29-18-30-54(72)42(7)8)38-62(90-50-26-16-22-46(34-50)86-12)68(70(64)67)66-60(36-56(74(77)80)63(55)69(65)66)88-48-24-14-20-44(32-48)84-10/h13-42H,1-12H3. The molecule has 11 aromatic rings. The van der Waals surface area contributed by atoms with E-state index in [2.05, 4.69) is 0 Å². The van der Waals surface area contributed by atoms with Gasteiger partial charge in [0.2, 0.25) is 0 Å². The molecule has 90 heavy (non-hydrogen) atoms. The van der Waals surface area contributed by atoms with Crippen molar-refractivity contribution in [2.24, 2.45) is 0 Å². The highest BCUT2D eigenvalue weighted by molar-refractivity contribution is 6.48. The van der Waals surface area contributed by atoms with Gasteiger partial charge in [0.15, 0.2) is 0 Å². The average molecular weight is 1200 g/mol. The number of nitrogens with zero attached hydrogens (tertiary/aromatic N) is 2. The summed E-state index contributed by atoms with van der Waals surface area (Å²) in [7, 11) is 6.24. The number of rotatable bonds is 18. The molecule has 0 unspecified atom stereocenters. The number of anilines is 2. The van der Waals surface area contributed by atoms with E-state index in [-0.39, 0.29) is 68.9 Å². The van der Waals surface area contributed by atoms with Crippen LogP contribution in [0.15, 0.2) is 158 Å². The lowest BCUT2D eigenvalue weighted by molar-refractivity contribution is 0.0877. The molecule has 0 bridgehead atoms. The van der Waals surface area contributed by atoms with Gasteiger partial charge in [-0.2, -0.15) is 0 Å². The predicted octanol–water partition coefficient (Wildman–Crippen LogP) is 19.0. The zero-order chi connectivity index (χ0) is 63.1. The Labute approximate surface area is 521 Å². The highest BCUT2D eigenvalue weighted by Gasteiger charge is 2.44. The maximum atomic E-state index is 16.3. The van der Waals surface area contributed by atoms with E-state index in [0.717, 1.165) is 22.3 Å². The van der Waals surface area contributed by atoms with Gasteiger partial charge in [-0.05, 0) is 119 Å². The third-order valence-corrected chi connectivity index (χ3v) is 17.1. The van der Waals surface area contributed by atoms with E-state index in [0.29, 0.717) is 100 Å². The van der Waals surface area contributed by atoms with Crippen LogP contribution in [0.3, 0.4) is 0 Å². The number of ether oxygens (including phenoxy) is 8. The molecule has 0 N–H and O–H groups in total. The molecule has 11 aromatic carbocycles. The van der Waals surface area contributed by atoms with E-state index in [1.165, 1.54) is 9.80 Å². The lowest BCUT2D eigenvalue weighted by Crippen LogP contribution is -2.42. The second-order valence-electron chi connectivity index (χ2n) is 23.9. The van der Waals surface area contributed by atoms with Gasteiger partial charge in [0, 0.05) is 67.4 Å². The van der Waals surface area contributed by atoms with E-state index in [1.54, 1.807) is 150 Å². The zero-order valence-electron chi connectivity index (χ0n) is 52.1. The van der Waals surface area contributed by atoms with Crippen LogP contribution < -0.4 is 47.7 Å². The number of imide groups is 2. The number of hydrogen-bond acceptors (Lipinski definition) is 12. The topological polar surface area (TPSA) is 149 Å². The first-order valence-electron chi connectivity index (χ1n) is 30.1. The van der Waals surface area contributed by atoms with Crippen molar-refractivity contribution in [3.63, 3.8) is 0 Å². The van der Waals surface area contributed by atoms with Crippen LogP contribution in [0.5, 0.6) is 69.0 Å². The van der Waals surface area contributed by atoms with Crippen molar-refractivity contribution < 1.29 is 57.1 Å². The minimum atomic E-state index is -0.590. The predicted molar refractivity (Wildman–Crippen MR) is 351 cm³/mol. The van der Waals surface area contributed by atoms with Gasteiger partial charge in [0.25, 0.3) is 23.6 Å². The third-order valence-electron chi connectivity index (χ3n) is 17.1. The number of benzene rings is 11. The van der Waals surface area contributed by atoms with Crippen LogP contribution in [0, 0.1) is 0 Å². The van der Waals surface area contributed by atoms with Crippen molar-refractivity contribution in [2.75, 3.05) is 38.2 Å². The molecule has 452 valence electrons. The smallest absolute Gasteiger partial charge is 0.266 e. The van der Waals surface area contributed by atoms with Crippen molar-refractivity contribution in [3.8, 4) is 69.0 Å². The first-order valence-corrected chi connectivity index (χ1v) is 30.1. The van der Waals surface area contributed by atoms with Crippen LogP contribution in [0.4, 0.5) is 11.4 Å². The van der Waals surface area contributed by atoms with Gasteiger partial charge in [-0.1, -0.05) is 116 Å². The Morgan fingerprint density at radius 1 is 0.267 bits per heavy atom. The average Bonchev–Trinajstić information content (AvgIpc) is 0.673. The molecule has 0 saturated carbocycles. The van der Waals surface area contributed by atoms with Crippen molar-refractivity contribution in [1.29, 1.82) is 0 Å². The molecule has 0 aliphatic carbocycles.